The summed E-state index contributed by atoms with van der Waals surface area (Å²) in [5, 5.41) is 5.99. The first-order chi connectivity index (χ1) is 11.4. The Labute approximate surface area is 145 Å². The number of halogens is 1. The van der Waals surface area contributed by atoms with Gasteiger partial charge in [0.1, 0.15) is 12.1 Å². The van der Waals surface area contributed by atoms with Crippen LogP contribution < -0.4 is 10.6 Å². The van der Waals surface area contributed by atoms with Crippen LogP contribution in [0.1, 0.15) is 32.6 Å². The molecule has 0 radical (unpaired) electrons. The van der Waals surface area contributed by atoms with Gasteiger partial charge in [0, 0.05) is 10.7 Å². The van der Waals surface area contributed by atoms with Crippen molar-refractivity contribution >= 4 is 35.1 Å². The summed E-state index contributed by atoms with van der Waals surface area (Å²) in [6.45, 7) is 1.68. The van der Waals surface area contributed by atoms with Crippen LogP contribution in [0.2, 0.25) is 5.02 Å². The quantitative estimate of drug-likeness (QED) is 0.823. The number of nitrogens with zero attached hydrogens (tertiary/aromatic N) is 1. The third-order valence-corrected chi connectivity index (χ3v) is 5.15. The van der Waals surface area contributed by atoms with E-state index in [0.717, 1.165) is 24.2 Å². The van der Waals surface area contributed by atoms with E-state index in [1.165, 1.54) is 0 Å². The molecule has 1 saturated carbocycles. The Balaban J connectivity index is 1.70. The van der Waals surface area contributed by atoms with E-state index in [1.807, 2.05) is 6.92 Å². The molecule has 7 heteroatoms. The molecule has 1 saturated heterocycles. The van der Waals surface area contributed by atoms with Crippen molar-refractivity contribution in [2.75, 3.05) is 11.9 Å². The molecule has 2 fully saturated rings. The van der Waals surface area contributed by atoms with Crippen molar-refractivity contribution in [2.24, 2.45) is 5.92 Å². The Morgan fingerprint density at radius 3 is 2.92 bits per heavy atom. The summed E-state index contributed by atoms with van der Waals surface area (Å²) in [5.74, 6) is -0.647. The van der Waals surface area contributed by atoms with Gasteiger partial charge in [0.25, 0.3) is 5.91 Å². The van der Waals surface area contributed by atoms with Gasteiger partial charge >= 0.3 is 6.03 Å². The number of carbonyl (C=O) groups excluding carboxylic acids is 3. The Bertz CT molecular complexity index is 693. The number of amides is 4. The molecule has 24 heavy (non-hydrogen) atoms. The average molecular weight is 350 g/mol. The normalized spacial score (nSPS) is 26.6. The van der Waals surface area contributed by atoms with Crippen molar-refractivity contribution in [3.8, 4) is 0 Å². The van der Waals surface area contributed by atoms with Gasteiger partial charge in [-0.05, 0) is 37.0 Å². The van der Waals surface area contributed by atoms with Gasteiger partial charge in [-0.25, -0.2) is 4.79 Å². The summed E-state index contributed by atoms with van der Waals surface area (Å²) in [6.07, 6.45) is 3.49. The number of rotatable bonds is 3. The minimum absolute atomic E-state index is 0.0729. The number of benzene rings is 1. The Morgan fingerprint density at radius 2 is 2.21 bits per heavy atom. The van der Waals surface area contributed by atoms with E-state index >= 15 is 0 Å². The van der Waals surface area contributed by atoms with Crippen molar-refractivity contribution in [3.63, 3.8) is 0 Å². The standard InChI is InChI=1S/C17H20ClN3O3/c1-11-5-2-3-8-17(11)15(23)21(16(24)20-17)10-14(22)19-13-7-4-6-12(18)9-13/h4,6-7,9,11H,2-3,5,8,10H2,1H3,(H,19,22)(H,20,24)/t11-,17+/m1/s1. The van der Waals surface area contributed by atoms with Crippen LogP contribution >= 0.6 is 11.6 Å². The maximum atomic E-state index is 12.8. The number of nitrogens with one attached hydrogen (secondary N) is 2. The molecule has 4 amide bonds. The summed E-state index contributed by atoms with van der Waals surface area (Å²) in [6, 6.07) is 6.22. The first-order valence-electron chi connectivity index (χ1n) is 8.12. The lowest BCUT2D eigenvalue weighted by Crippen LogP contribution is -2.54. The van der Waals surface area contributed by atoms with E-state index in [1.54, 1.807) is 24.3 Å². The van der Waals surface area contributed by atoms with Crippen molar-refractivity contribution in [2.45, 2.75) is 38.1 Å². The molecule has 3 rings (SSSR count). The molecule has 1 aliphatic heterocycles. The molecule has 6 nitrogen and oxygen atoms in total. The second-order valence-corrected chi connectivity index (χ2v) is 6.93. The van der Waals surface area contributed by atoms with E-state index in [2.05, 4.69) is 10.6 Å². The van der Waals surface area contributed by atoms with Gasteiger partial charge in [-0.1, -0.05) is 37.4 Å². The summed E-state index contributed by atoms with van der Waals surface area (Å²) in [7, 11) is 0. The molecule has 0 bridgehead atoms. The highest BCUT2D eigenvalue weighted by Gasteiger charge is 2.55. The smallest absolute Gasteiger partial charge is 0.324 e. The van der Waals surface area contributed by atoms with E-state index < -0.39 is 17.5 Å². The zero-order valence-corrected chi connectivity index (χ0v) is 14.2. The maximum absolute atomic E-state index is 12.8. The number of hydrogen-bond donors (Lipinski definition) is 2. The lowest BCUT2D eigenvalue weighted by atomic mass is 9.73. The monoisotopic (exact) mass is 349 g/mol. The summed E-state index contributed by atoms with van der Waals surface area (Å²) in [4.78, 5) is 38.2. The average Bonchev–Trinajstić information content (AvgIpc) is 2.75. The number of imide groups is 1. The Morgan fingerprint density at radius 1 is 1.42 bits per heavy atom. The second kappa shape index (κ2) is 6.43. The number of anilines is 1. The van der Waals surface area contributed by atoms with Gasteiger partial charge in [-0.3, -0.25) is 14.5 Å². The minimum Gasteiger partial charge on any atom is -0.324 e. The van der Waals surface area contributed by atoms with E-state index in [-0.39, 0.29) is 18.4 Å². The summed E-state index contributed by atoms with van der Waals surface area (Å²) < 4.78 is 0. The van der Waals surface area contributed by atoms with Crippen LogP contribution in [0, 0.1) is 5.92 Å². The van der Waals surface area contributed by atoms with Crippen LogP contribution in [0.25, 0.3) is 0 Å². The SMILES string of the molecule is C[C@@H]1CCCC[C@]12NC(=O)N(CC(=O)Nc1cccc(Cl)c1)C2=O. The molecule has 1 aromatic rings. The molecule has 2 aliphatic rings. The number of hydrogen-bond acceptors (Lipinski definition) is 3. The zero-order chi connectivity index (χ0) is 17.3. The largest absolute Gasteiger partial charge is 0.325 e. The van der Waals surface area contributed by atoms with Gasteiger partial charge in [0.05, 0.1) is 0 Å². The van der Waals surface area contributed by atoms with Crippen LogP contribution in [0.4, 0.5) is 10.5 Å². The van der Waals surface area contributed by atoms with Gasteiger partial charge in [-0.15, -0.1) is 0 Å². The Hall–Kier alpha value is -2.08. The van der Waals surface area contributed by atoms with Gasteiger partial charge in [-0.2, -0.15) is 0 Å². The van der Waals surface area contributed by atoms with Crippen LogP contribution in [-0.4, -0.2) is 34.8 Å². The fourth-order valence-electron chi connectivity index (χ4n) is 3.55. The van der Waals surface area contributed by atoms with Crippen LogP contribution in [-0.2, 0) is 9.59 Å². The second-order valence-electron chi connectivity index (χ2n) is 6.50. The first-order valence-corrected chi connectivity index (χ1v) is 8.50. The van der Waals surface area contributed by atoms with E-state index in [4.69, 9.17) is 11.6 Å². The number of carbonyl (C=O) groups is 3. The molecule has 1 spiro atoms. The molecule has 0 unspecified atom stereocenters. The molecular formula is C17H20ClN3O3. The fraction of sp³-hybridized carbons (Fsp3) is 0.471. The molecule has 1 heterocycles. The topological polar surface area (TPSA) is 78.5 Å². The van der Waals surface area contributed by atoms with Gasteiger partial charge in [0.2, 0.25) is 5.91 Å². The third-order valence-electron chi connectivity index (χ3n) is 4.91. The van der Waals surface area contributed by atoms with Gasteiger partial charge in [0.15, 0.2) is 0 Å². The van der Waals surface area contributed by atoms with Crippen molar-refractivity contribution in [1.29, 1.82) is 0 Å². The lowest BCUT2D eigenvalue weighted by Gasteiger charge is -2.36. The predicted molar refractivity (Wildman–Crippen MR) is 90.7 cm³/mol. The van der Waals surface area contributed by atoms with Crippen molar-refractivity contribution in [3.05, 3.63) is 29.3 Å². The molecule has 1 aliphatic carbocycles. The van der Waals surface area contributed by atoms with E-state index in [9.17, 15) is 14.4 Å². The highest BCUT2D eigenvalue weighted by molar-refractivity contribution is 6.30. The summed E-state index contributed by atoms with van der Waals surface area (Å²) >= 11 is 5.88. The molecule has 128 valence electrons. The van der Waals surface area contributed by atoms with Crippen LogP contribution in [0.15, 0.2) is 24.3 Å². The predicted octanol–water partition coefficient (Wildman–Crippen LogP) is 2.78. The van der Waals surface area contributed by atoms with Gasteiger partial charge < -0.3 is 10.6 Å². The molecule has 0 aromatic heterocycles. The van der Waals surface area contributed by atoms with Crippen molar-refractivity contribution in [1.82, 2.24) is 10.2 Å². The maximum Gasteiger partial charge on any atom is 0.325 e. The highest BCUT2D eigenvalue weighted by atomic mass is 35.5. The van der Waals surface area contributed by atoms with Crippen LogP contribution in [0.5, 0.6) is 0 Å². The number of urea groups is 1. The summed E-state index contributed by atoms with van der Waals surface area (Å²) in [5.41, 5.74) is -0.314. The molecule has 2 atom stereocenters. The fourth-order valence-corrected chi connectivity index (χ4v) is 3.74. The van der Waals surface area contributed by atoms with E-state index in [0.29, 0.717) is 17.1 Å². The first kappa shape index (κ1) is 16.8. The van der Waals surface area contributed by atoms with Crippen molar-refractivity contribution < 1.29 is 14.4 Å². The molecule has 2 N–H and O–H groups in total. The molecular weight excluding hydrogens is 330 g/mol. The Kier molecular flexibility index (Phi) is 4.49. The minimum atomic E-state index is -0.842. The lowest BCUT2D eigenvalue weighted by molar-refractivity contribution is -0.136. The van der Waals surface area contributed by atoms with Crippen LogP contribution in [0.3, 0.4) is 0 Å². The highest BCUT2D eigenvalue weighted by Crippen LogP contribution is 2.38. The zero-order valence-electron chi connectivity index (χ0n) is 13.5. The third kappa shape index (κ3) is 2.98. The molecule has 1 aromatic carbocycles.